The maximum absolute atomic E-state index is 13.9. The zero-order valence-electron chi connectivity index (χ0n) is 17.8. The van der Waals surface area contributed by atoms with Crippen molar-refractivity contribution in [1.82, 2.24) is 9.78 Å². The van der Waals surface area contributed by atoms with Crippen molar-refractivity contribution in [2.24, 2.45) is 5.73 Å². The van der Waals surface area contributed by atoms with Gasteiger partial charge in [0.2, 0.25) is 5.91 Å². The third kappa shape index (κ3) is 3.65. The number of carbonyl (C=O) groups is 3. The molecule has 0 bridgehead atoms. The second kappa shape index (κ2) is 8.16. The highest BCUT2D eigenvalue weighted by molar-refractivity contribution is 6.09. The summed E-state index contributed by atoms with van der Waals surface area (Å²) >= 11 is 0. The summed E-state index contributed by atoms with van der Waals surface area (Å²) in [6, 6.07) is 12.9. The molecule has 5 rings (SSSR count). The fourth-order valence-corrected chi connectivity index (χ4v) is 4.49. The van der Waals surface area contributed by atoms with Gasteiger partial charge in [-0.3, -0.25) is 14.4 Å². The number of benzene rings is 2. The smallest absolute Gasteiger partial charge is 0.277 e. The molecule has 3 heterocycles. The normalized spacial score (nSPS) is 16.2. The van der Waals surface area contributed by atoms with Crippen molar-refractivity contribution in [3.05, 3.63) is 71.3 Å². The predicted octanol–water partition coefficient (Wildman–Crippen LogP) is 2.83. The third-order valence-corrected chi connectivity index (χ3v) is 6.10. The first-order valence-electron chi connectivity index (χ1n) is 10.8. The molecule has 33 heavy (non-hydrogen) atoms. The van der Waals surface area contributed by atoms with Crippen molar-refractivity contribution in [2.75, 3.05) is 22.9 Å². The minimum atomic E-state index is -0.738. The molecule has 1 aromatic heterocycles. The highest BCUT2D eigenvalue weighted by atomic mass is 19.1. The third-order valence-electron chi connectivity index (χ3n) is 6.10. The van der Waals surface area contributed by atoms with E-state index in [2.05, 4.69) is 5.10 Å². The summed E-state index contributed by atoms with van der Waals surface area (Å²) in [4.78, 5) is 41.1. The standard InChI is InChI=1S/C24H22FN5O3/c25-15-4-3-5-18(14-15)30-22-19(21(27-30)23(26)32)11-13-29(24(22)33)17-9-7-16(8-10-17)28-12-2-1-6-20(28)31/h3-5,7-10,14H,1-2,6,11-13H2,(H2,26,32). The molecule has 1 fully saturated rings. The maximum atomic E-state index is 13.9. The molecule has 1 saturated heterocycles. The molecule has 0 aliphatic carbocycles. The zero-order valence-corrected chi connectivity index (χ0v) is 17.8. The van der Waals surface area contributed by atoms with Crippen LogP contribution < -0.4 is 15.5 Å². The van der Waals surface area contributed by atoms with Crippen LogP contribution in [0.1, 0.15) is 45.8 Å². The van der Waals surface area contributed by atoms with Gasteiger partial charge in [0.25, 0.3) is 11.8 Å². The lowest BCUT2D eigenvalue weighted by Crippen LogP contribution is -2.39. The lowest BCUT2D eigenvalue weighted by Gasteiger charge is -2.29. The number of piperidine rings is 1. The molecule has 0 radical (unpaired) electrons. The van der Waals surface area contributed by atoms with E-state index in [9.17, 15) is 18.8 Å². The lowest BCUT2D eigenvalue weighted by molar-refractivity contribution is -0.119. The molecule has 0 spiro atoms. The van der Waals surface area contributed by atoms with Gasteiger partial charge in [0, 0.05) is 36.4 Å². The molecule has 0 saturated carbocycles. The molecular formula is C24H22FN5O3. The summed E-state index contributed by atoms with van der Waals surface area (Å²) in [5.41, 5.74) is 7.96. The number of nitrogens with zero attached hydrogens (tertiary/aromatic N) is 4. The average molecular weight is 447 g/mol. The van der Waals surface area contributed by atoms with Gasteiger partial charge in [0.15, 0.2) is 5.69 Å². The van der Waals surface area contributed by atoms with Crippen LogP contribution in [-0.4, -0.2) is 40.6 Å². The lowest BCUT2D eigenvalue weighted by atomic mass is 10.0. The predicted molar refractivity (Wildman–Crippen MR) is 120 cm³/mol. The zero-order chi connectivity index (χ0) is 23.1. The van der Waals surface area contributed by atoms with Gasteiger partial charge in [-0.25, -0.2) is 9.07 Å². The Hall–Kier alpha value is -4.01. The van der Waals surface area contributed by atoms with Crippen molar-refractivity contribution in [1.29, 1.82) is 0 Å². The fraction of sp³-hybridized carbons (Fsp3) is 0.250. The Balaban J connectivity index is 1.51. The second-order valence-electron chi connectivity index (χ2n) is 8.16. The molecule has 2 N–H and O–H groups in total. The van der Waals surface area contributed by atoms with E-state index in [1.54, 1.807) is 28.0 Å². The van der Waals surface area contributed by atoms with Crippen LogP contribution in [0.15, 0.2) is 48.5 Å². The Bertz CT molecular complexity index is 1270. The highest BCUT2D eigenvalue weighted by Crippen LogP contribution is 2.30. The molecular weight excluding hydrogens is 425 g/mol. The number of halogens is 1. The van der Waals surface area contributed by atoms with E-state index in [0.29, 0.717) is 42.9 Å². The van der Waals surface area contributed by atoms with Crippen molar-refractivity contribution < 1.29 is 18.8 Å². The summed E-state index contributed by atoms with van der Waals surface area (Å²) in [6.07, 6.45) is 2.79. The van der Waals surface area contributed by atoms with Crippen LogP contribution in [0.25, 0.3) is 5.69 Å². The number of hydrogen-bond donors (Lipinski definition) is 1. The van der Waals surface area contributed by atoms with E-state index in [4.69, 9.17) is 5.73 Å². The van der Waals surface area contributed by atoms with Crippen LogP contribution in [0.4, 0.5) is 15.8 Å². The number of rotatable bonds is 4. The van der Waals surface area contributed by atoms with Crippen molar-refractivity contribution >= 4 is 29.1 Å². The summed E-state index contributed by atoms with van der Waals surface area (Å²) in [5, 5.41) is 4.25. The van der Waals surface area contributed by atoms with Crippen molar-refractivity contribution in [2.45, 2.75) is 25.7 Å². The molecule has 0 atom stereocenters. The summed E-state index contributed by atoms with van der Waals surface area (Å²) in [5.74, 6) is -1.48. The first kappa shape index (κ1) is 20.9. The number of aromatic nitrogens is 2. The van der Waals surface area contributed by atoms with E-state index in [-0.39, 0.29) is 23.2 Å². The number of amides is 3. The maximum Gasteiger partial charge on any atom is 0.277 e. The van der Waals surface area contributed by atoms with Gasteiger partial charge in [-0.2, -0.15) is 5.10 Å². The van der Waals surface area contributed by atoms with Gasteiger partial charge in [-0.1, -0.05) is 6.07 Å². The van der Waals surface area contributed by atoms with Crippen LogP contribution in [-0.2, 0) is 11.2 Å². The minimum Gasteiger partial charge on any atom is -0.364 e. The van der Waals surface area contributed by atoms with E-state index < -0.39 is 11.7 Å². The molecule has 8 nitrogen and oxygen atoms in total. The summed E-state index contributed by atoms with van der Waals surface area (Å²) in [7, 11) is 0. The monoisotopic (exact) mass is 447 g/mol. The van der Waals surface area contributed by atoms with Gasteiger partial charge in [0.1, 0.15) is 11.5 Å². The highest BCUT2D eigenvalue weighted by Gasteiger charge is 2.34. The summed E-state index contributed by atoms with van der Waals surface area (Å²) in [6.45, 7) is 1.02. The molecule has 0 unspecified atom stereocenters. The molecule has 9 heteroatoms. The number of anilines is 2. The molecule has 3 aromatic rings. The van der Waals surface area contributed by atoms with Crippen molar-refractivity contribution in [3.63, 3.8) is 0 Å². The topological polar surface area (TPSA) is 102 Å². The minimum absolute atomic E-state index is 0.0150. The van der Waals surface area contributed by atoms with E-state index in [1.165, 1.54) is 22.9 Å². The van der Waals surface area contributed by atoms with E-state index in [0.717, 1.165) is 18.5 Å². The number of nitrogens with two attached hydrogens (primary N) is 1. The largest absolute Gasteiger partial charge is 0.364 e. The van der Waals surface area contributed by atoms with Crippen molar-refractivity contribution in [3.8, 4) is 5.69 Å². The molecule has 2 aromatic carbocycles. The van der Waals surface area contributed by atoms with Gasteiger partial charge in [0.05, 0.1) is 5.69 Å². The first-order valence-corrected chi connectivity index (χ1v) is 10.8. The number of fused-ring (bicyclic) bond motifs is 1. The van der Waals surface area contributed by atoms with Gasteiger partial charge < -0.3 is 15.5 Å². The van der Waals surface area contributed by atoms with E-state index >= 15 is 0 Å². The average Bonchev–Trinajstić information content (AvgIpc) is 3.21. The van der Waals surface area contributed by atoms with Gasteiger partial charge in [-0.05, 0) is 61.7 Å². The number of hydrogen-bond acceptors (Lipinski definition) is 4. The fourth-order valence-electron chi connectivity index (χ4n) is 4.49. The van der Waals surface area contributed by atoms with Gasteiger partial charge >= 0.3 is 0 Å². The Morgan fingerprint density at radius 2 is 1.64 bits per heavy atom. The molecule has 3 amide bonds. The Morgan fingerprint density at radius 3 is 2.30 bits per heavy atom. The van der Waals surface area contributed by atoms with Crippen LogP contribution in [0.3, 0.4) is 0 Å². The van der Waals surface area contributed by atoms with Crippen LogP contribution in [0.2, 0.25) is 0 Å². The number of primary amides is 1. The van der Waals surface area contributed by atoms with Crippen LogP contribution in [0.5, 0.6) is 0 Å². The molecule has 2 aliphatic rings. The van der Waals surface area contributed by atoms with Gasteiger partial charge in [-0.15, -0.1) is 0 Å². The molecule has 168 valence electrons. The quantitative estimate of drug-likeness (QED) is 0.664. The summed E-state index contributed by atoms with van der Waals surface area (Å²) < 4.78 is 15.1. The van der Waals surface area contributed by atoms with E-state index in [1.807, 2.05) is 12.1 Å². The first-order chi connectivity index (χ1) is 15.9. The van der Waals surface area contributed by atoms with Crippen LogP contribution >= 0.6 is 0 Å². The SMILES string of the molecule is NC(=O)c1nn(-c2cccc(F)c2)c2c1CCN(c1ccc(N3CCCCC3=O)cc1)C2=O. The Labute approximate surface area is 189 Å². The van der Waals surface area contributed by atoms with Crippen LogP contribution in [0, 0.1) is 5.82 Å². The second-order valence-corrected chi connectivity index (χ2v) is 8.16. The molecule has 2 aliphatic heterocycles. The Morgan fingerprint density at radius 1 is 0.909 bits per heavy atom. The number of carbonyl (C=O) groups excluding carboxylic acids is 3. The Kier molecular flexibility index (Phi) is 5.16.